The third kappa shape index (κ3) is 2.25. The van der Waals surface area contributed by atoms with Crippen LogP contribution in [0.3, 0.4) is 0 Å². The molecule has 1 saturated carbocycles. The van der Waals surface area contributed by atoms with E-state index in [0.717, 1.165) is 0 Å². The summed E-state index contributed by atoms with van der Waals surface area (Å²) in [6.07, 6.45) is -2.74. The Hall–Kier alpha value is -2.46. The van der Waals surface area contributed by atoms with Crippen molar-refractivity contribution in [2.45, 2.75) is 50.5 Å². The number of rotatable bonds is 4. The van der Waals surface area contributed by atoms with Crippen LogP contribution in [0.5, 0.6) is 0 Å². The number of carbonyl (C=O) groups is 3. The molecule has 0 radical (unpaired) electrons. The van der Waals surface area contributed by atoms with Gasteiger partial charge in [-0.2, -0.15) is 13.9 Å². The maximum Gasteiger partial charge on any atom is 0.354 e. The maximum absolute atomic E-state index is 14.6. The van der Waals surface area contributed by atoms with Crippen LogP contribution in [-0.4, -0.2) is 32.6 Å². The predicted octanol–water partition coefficient (Wildman–Crippen LogP) is 2.03. The Bertz CT molecular complexity index is 806. The number of halogens is 4. The average Bonchev–Trinajstić information content (AvgIpc) is 3.05. The van der Waals surface area contributed by atoms with E-state index in [1.807, 2.05) is 0 Å². The number of alkyl halides is 4. The molecular weight excluding hydrogens is 362 g/mol. The van der Waals surface area contributed by atoms with Crippen LogP contribution in [0.25, 0.3) is 0 Å². The van der Waals surface area contributed by atoms with Crippen LogP contribution in [-0.2, 0) is 31.7 Å². The van der Waals surface area contributed by atoms with Crippen LogP contribution in [0.4, 0.5) is 17.6 Å². The Balaban J connectivity index is 1.63. The van der Waals surface area contributed by atoms with Gasteiger partial charge in [0.1, 0.15) is 17.9 Å². The van der Waals surface area contributed by atoms with Crippen LogP contribution in [0, 0.1) is 5.92 Å². The molecule has 4 rings (SSSR count). The second-order valence-corrected chi connectivity index (χ2v) is 6.56. The number of hydrogen-bond acceptors (Lipinski definition) is 5. The van der Waals surface area contributed by atoms with E-state index in [-0.39, 0.29) is 29.9 Å². The molecular formula is C15H13F4N3O4. The second kappa shape index (κ2) is 5.52. The first-order valence-electron chi connectivity index (χ1n) is 8.05. The van der Waals surface area contributed by atoms with E-state index in [0.29, 0.717) is 11.1 Å². The molecule has 1 aromatic rings. The van der Waals surface area contributed by atoms with Crippen molar-refractivity contribution in [2.24, 2.45) is 5.92 Å². The number of hydrogen-bond donors (Lipinski definition) is 0. The van der Waals surface area contributed by atoms with Crippen LogP contribution in [0.15, 0.2) is 0 Å². The van der Waals surface area contributed by atoms with Crippen LogP contribution >= 0.6 is 0 Å². The molecule has 1 aliphatic heterocycles. The summed E-state index contributed by atoms with van der Waals surface area (Å²) >= 11 is 0. The summed E-state index contributed by atoms with van der Waals surface area (Å²) in [6.45, 7) is -0.902. The summed E-state index contributed by atoms with van der Waals surface area (Å²) in [5, 5.41) is 3.76. The summed E-state index contributed by atoms with van der Waals surface area (Å²) in [7, 11) is 0. The Morgan fingerprint density at radius 2 is 1.88 bits per heavy atom. The minimum absolute atomic E-state index is 0.125. The number of aromatic nitrogens is 2. The Morgan fingerprint density at radius 1 is 1.23 bits per heavy atom. The minimum Gasteiger partial charge on any atom is -0.328 e. The van der Waals surface area contributed by atoms with E-state index < -0.39 is 59.9 Å². The second-order valence-electron chi connectivity index (χ2n) is 6.56. The molecule has 1 aromatic heterocycles. The Labute approximate surface area is 143 Å². The fraction of sp³-hybridized carbons (Fsp3) is 0.600. The van der Waals surface area contributed by atoms with Crippen molar-refractivity contribution >= 4 is 17.8 Å². The van der Waals surface area contributed by atoms with Gasteiger partial charge in [-0.3, -0.25) is 14.3 Å². The number of hydroxylamine groups is 2. The fourth-order valence-electron chi connectivity index (χ4n) is 3.85. The molecule has 2 amide bonds. The molecule has 140 valence electrons. The third-order valence-electron chi connectivity index (χ3n) is 5.13. The van der Waals surface area contributed by atoms with Gasteiger partial charge in [0.05, 0.1) is 0 Å². The summed E-state index contributed by atoms with van der Waals surface area (Å²) in [4.78, 5) is 39.4. The summed E-state index contributed by atoms with van der Waals surface area (Å²) in [6, 6.07) is 0. The lowest BCUT2D eigenvalue weighted by Crippen LogP contribution is -2.35. The molecule has 0 N–H and O–H groups in total. The summed E-state index contributed by atoms with van der Waals surface area (Å²) < 4.78 is 56.2. The number of imide groups is 1. The monoisotopic (exact) mass is 375 g/mol. The predicted molar refractivity (Wildman–Crippen MR) is 73.7 cm³/mol. The largest absolute Gasteiger partial charge is 0.354 e. The van der Waals surface area contributed by atoms with Crippen molar-refractivity contribution < 1.29 is 36.8 Å². The topological polar surface area (TPSA) is 81.5 Å². The van der Waals surface area contributed by atoms with Crippen molar-refractivity contribution in [1.29, 1.82) is 0 Å². The quantitative estimate of drug-likeness (QED) is 0.594. The van der Waals surface area contributed by atoms with Crippen LogP contribution in [0.1, 0.15) is 55.0 Å². The highest BCUT2D eigenvalue weighted by Crippen LogP contribution is 2.63. The summed E-state index contributed by atoms with van der Waals surface area (Å²) in [5.41, 5.74) is -1.65. The molecule has 0 aromatic carbocycles. The number of nitrogens with zero attached hydrogens (tertiary/aromatic N) is 3. The molecule has 26 heavy (non-hydrogen) atoms. The highest BCUT2D eigenvalue weighted by molar-refractivity contribution is 6.01. The van der Waals surface area contributed by atoms with Crippen LogP contribution < -0.4 is 0 Å². The van der Waals surface area contributed by atoms with E-state index >= 15 is 0 Å². The number of carbonyl (C=O) groups excluding carboxylic acids is 3. The van der Waals surface area contributed by atoms with Gasteiger partial charge in [-0.1, -0.05) is 0 Å². The van der Waals surface area contributed by atoms with E-state index in [4.69, 9.17) is 0 Å². The highest BCUT2D eigenvalue weighted by Gasteiger charge is 2.62. The standard InChI is InChI=1S/C15H13F4N3O4/c16-14(17)12-11-6-1-2-7(6)15(18,19)13(11)21(20-12)5-10(25)26-22-8(23)3-4-9(22)24/h6-7,14H,1-5H2/t6-,7+/m0/s1. The molecule has 7 nitrogen and oxygen atoms in total. The molecule has 2 atom stereocenters. The van der Waals surface area contributed by atoms with Gasteiger partial charge < -0.3 is 4.84 Å². The lowest BCUT2D eigenvalue weighted by molar-refractivity contribution is -0.198. The summed E-state index contributed by atoms with van der Waals surface area (Å²) in [5.74, 6) is -7.82. The van der Waals surface area contributed by atoms with Gasteiger partial charge in [0.2, 0.25) is 0 Å². The Kier molecular flexibility index (Phi) is 3.60. The minimum atomic E-state index is -3.38. The van der Waals surface area contributed by atoms with Crippen molar-refractivity contribution in [2.75, 3.05) is 0 Å². The molecule has 3 aliphatic rings. The zero-order valence-electron chi connectivity index (χ0n) is 13.3. The van der Waals surface area contributed by atoms with Gasteiger partial charge >= 0.3 is 5.97 Å². The number of amides is 2. The Morgan fingerprint density at radius 3 is 2.42 bits per heavy atom. The van der Waals surface area contributed by atoms with E-state index in [9.17, 15) is 31.9 Å². The third-order valence-corrected chi connectivity index (χ3v) is 5.13. The fourth-order valence-corrected chi connectivity index (χ4v) is 3.85. The normalized spacial score (nSPS) is 26.1. The highest BCUT2D eigenvalue weighted by atomic mass is 19.3. The molecule has 0 bridgehead atoms. The molecule has 2 aliphatic carbocycles. The van der Waals surface area contributed by atoms with E-state index in [1.54, 1.807) is 0 Å². The SMILES string of the molecule is O=C(Cn1nc(C(F)F)c2c1C(F)(F)[C@@H]1CC[C@H]21)ON1C(=O)CCC1=O. The zero-order chi connectivity index (χ0) is 18.8. The molecule has 2 heterocycles. The van der Waals surface area contributed by atoms with Gasteiger partial charge in [0.25, 0.3) is 24.2 Å². The van der Waals surface area contributed by atoms with Crippen molar-refractivity contribution in [3.8, 4) is 0 Å². The average molecular weight is 375 g/mol. The first-order chi connectivity index (χ1) is 12.2. The molecule has 0 unspecified atom stereocenters. The molecule has 2 fully saturated rings. The van der Waals surface area contributed by atoms with Crippen molar-refractivity contribution in [1.82, 2.24) is 14.8 Å². The molecule has 11 heteroatoms. The lowest BCUT2D eigenvalue weighted by atomic mass is 9.73. The van der Waals surface area contributed by atoms with E-state index in [1.165, 1.54) is 0 Å². The first-order valence-corrected chi connectivity index (χ1v) is 8.05. The van der Waals surface area contributed by atoms with Gasteiger partial charge in [-0.25, -0.2) is 13.6 Å². The lowest BCUT2D eigenvalue weighted by Gasteiger charge is -2.34. The van der Waals surface area contributed by atoms with Crippen molar-refractivity contribution in [3.63, 3.8) is 0 Å². The van der Waals surface area contributed by atoms with Gasteiger partial charge in [-0.05, 0) is 18.8 Å². The first kappa shape index (κ1) is 17.0. The van der Waals surface area contributed by atoms with Gasteiger partial charge in [-0.15, -0.1) is 5.06 Å². The van der Waals surface area contributed by atoms with Gasteiger partial charge in [0, 0.05) is 24.3 Å². The van der Waals surface area contributed by atoms with Crippen molar-refractivity contribution in [3.05, 3.63) is 17.0 Å². The molecule has 1 saturated heterocycles. The smallest absolute Gasteiger partial charge is 0.328 e. The number of fused-ring (bicyclic) bond motifs is 3. The van der Waals surface area contributed by atoms with Gasteiger partial charge in [0.15, 0.2) is 0 Å². The van der Waals surface area contributed by atoms with E-state index in [2.05, 4.69) is 9.94 Å². The maximum atomic E-state index is 14.6. The van der Waals surface area contributed by atoms with Crippen LogP contribution in [0.2, 0.25) is 0 Å². The zero-order valence-corrected chi connectivity index (χ0v) is 13.3. The molecule has 0 spiro atoms.